The van der Waals surface area contributed by atoms with Crippen LogP contribution in [0.5, 0.6) is 5.88 Å². The van der Waals surface area contributed by atoms with Crippen molar-refractivity contribution in [1.82, 2.24) is 10.3 Å². The molecule has 0 saturated heterocycles. The molecule has 0 bridgehead atoms. The van der Waals surface area contributed by atoms with E-state index in [0.29, 0.717) is 25.6 Å². The molecule has 1 heterocycles. The monoisotopic (exact) mass is 314 g/mol. The number of hydrogen-bond donors (Lipinski definition) is 1. The highest BCUT2D eigenvalue weighted by Crippen LogP contribution is 2.14. The number of amides is 1. The molecule has 1 atom stereocenters. The second-order valence-corrected chi connectivity index (χ2v) is 5.06. The van der Waals surface area contributed by atoms with Crippen LogP contribution in [0.25, 0.3) is 0 Å². The average molecular weight is 314 g/mol. The molecule has 1 aromatic heterocycles. The van der Waals surface area contributed by atoms with Crippen molar-refractivity contribution in [3.63, 3.8) is 0 Å². The third-order valence-electron chi connectivity index (χ3n) is 3.30. The Labute approximate surface area is 136 Å². The van der Waals surface area contributed by atoms with Crippen LogP contribution in [0.3, 0.4) is 0 Å². The van der Waals surface area contributed by atoms with E-state index in [1.54, 1.807) is 13.1 Å². The molecule has 0 aliphatic rings. The SMILES string of the molecule is CCOc1ncccc1CNC(=O)[C@H](C)OCc1ccccc1. The number of carbonyl (C=O) groups is 1. The van der Waals surface area contributed by atoms with Gasteiger partial charge in [-0.05, 0) is 25.5 Å². The van der Waals surface area contributed by atoms with E-state index in [1.807, 2.05) is 49.4 Å². The summed E-state index contributed by atoms with van der Waals surface area (Å²) in [5.41, 5.74) is 1.89. The molecule has 0 saturated carbocycles. The fourth-order valence-electron chi connectivity index (χ4n) is 2.02. The van der Waals surface area contributed by atoms with E-state index in [9.17, 15) is 4.79 Å². The summed E-state index contributed by atoms with van der Waals surface area (Å²) in [4.78, 5) is 16.3. The summed E-state index contributed by atoms with van der Waals surface area (Å²) in [6, 6.07) is 13.5. The molecule has 1 N–H and O–H groups in total. The number of benzene rings is 1. The van der Waals surface area contributed by atoms with Gasteiger partial charge in [0.05, 0.1) is 13.2 Å². The average Bonchev–Trinajstić information content (AvgIpc) is 2.59. The van der Waals surface area contributed by atoms with Crippen LogP contribution in [-0.2, 0) is 22.7 Å². The van der Waals surface area contributed by atoms with E-state index < -0.39 is 6.10 Å². The Morgan fingerprint density at radius 2 is 2.00 bits per heavy atom. The van der Waals surface area contributed by atoms with Crippen LogP contribution in [0.1, 0.15) is 25.0 Å². The molecule has 0 spiro atoms. The summed E-state index contributed by atoms with van der Waals surface area (Å²) in [5, 5.41) is 2.85. The van der Waals surface area contributed by atoms with E-state index in [-0.39, 0.29) is 5.91 Å². The first kappa shape index (κ1) is 17.0. The number of nitrogens with one attached hydrogen (secondary N) is 1. The van der Waals surface area contributed by atoms with Gasteiger partial charge in [-0.25, -0.2) is 4.98 Å². The molecule has 5 nitrogen and oxygen atoms in total. The van der Waals surface area contributed by atoms with Gasteiger partial charge in [0, 0.05) is 18.3 Å². The zero-order valence-electron chi connectivity index (χ0n) is 13.5. The summed E-state index contributed by atoms with van der Waals surface area (Å²) >= 11 is 0. The third-order valence-corrected chi connectivity index (χ3v) is 3.30. The van der Waals surface area contributed by atoms with Gasteiger partial charge in [-0.3, -0.25) is 4.79 Å². The van der Waals surface area contributed by atoms with Crippen LogP contribution in [0.4, 0.5) is 0 Å². The fraction of sp³-hybridized carbons (Fsp3) is 0.333. The number of carbonyl (C=O) groups excluding carboxylic acids is 1. The van der Waals surface area contributed by atoms with Gasteiger partial charge in [0.2, 0.25) is 11.8 Å². The molecule has 0 fully saturated rings. The Morgan fingerprint density at radius 3 is 2.74 bits per heavy atom. The Morgan fingerprint density at radius 1 is 1.22 bits per heavy atom. The first-order valence-corrected chi connectivity index (χ1v) is 7.70. The number of aromatic nitrogens is 1. The Balaban J connectivity index is 1.82. The molecule has 122 valence electrons. The highest BCUT2D eigenvalue weighted by Gasteiger charge is 2.14. The van der Waals surface area contributed by atoms with Crippen molar-refractivity contribution >= 4 is 5.91 Å². The van der Waals surface area contributed by atoms with Crippen LogP contribution < -0.4 is 10.1 Å². The molecule has 0 unspecified atom stereocenters. The minimum Gasteiger partial charge on any atom is -0.478 e. The van der Waals surface area contributed by atoms with Gasteiger partial charge in [0.1, 0.15) is 6.10 Å². The van der Waals surface area contributed by atoms with Crippen LogP contribution in [0.15, 0.2) is 48.7 Å². The van der Waals surface area contributed by atoms with Crippen molar-refractivity contribution in [1.29, 1.82) is 0 Å². The van der Waals surface area contributed by atoms with Crippen LogP contribution in [-0.4, -0.2) is 23.6 Å². The predicted octanol–water partition coefficient (Wildman–Crippen LogP) is 2.70. The smallest absolute Gasteiger partial charge is 0.249 e. The van der Waals surface area contributed by atoms with Gasteiger partial charge in [0.25, 0.3) is 0 Å². The molecule has 23 heavy (non-hydrogen) atoms. The van der Waals surface area contributed by atoms with Crippen molar-refractivity contribution in [3.8, 4) is 5.88 Å². The topological polar surface area (TPSA) is 60.5 Å². The Kier molecular flexibility index (Phi) is 6.56. The number of hydrogen-bond acceptors (Lipinski definition) is 4. The Hall–Kier alpha value is -2.40. The van der Waals surface area contributed by atoms with E-state index in [1.165, 1.54) is 0 Å². The standard InChI is InChI=1S/C18H22N2O3/c1-3-22-18-16(10-7-11-19-18)12-20-17(21)14(2)23-13-15-8-5-4-6-9-15/h4-11,14H,3,12-13H2,1-2H3,(H,20,21)/t14-/m0/s1. The summed E-state index contributed by atoms with van der Waals surface area (Å²) in [5.74, 6) is 0.389. The molecule has 0 radical (unpaired) electrons. The summed E-state index contributed by atoms with van der Waals surface area (Å²) in [7, 11) is 0. The molecular weight excluding hydrogens is 292 g/mol. The normalized spacial score (nSPS) is 11.7. The predicted molar refractivity (Wildman–Crippen MR) is 87.9 cm³/mol. The van der Waals surface area contributed by atoms with E-state index >= 15 is 0 Å². The van der Waals surface area contributed by atoms with Gasteiger partial charge in [-0.15, -0.1) is 0 Å². The molecule has 2 aromatic rings. The lowest BCUT2D eigenvalue weighted by atomic mass is 10.2. The van der Waals surface area contributed by atoms with Crippen LogP contribution in [0.2, 0.25) is 0 Å². The maximum atomic E-state index is 12.1. The van der Waals surface area contributed by atoms with Crippen molar-refractivity contribution < 1.29 is 14.3 Å². The molecule has 0 aliphatic heterocycles. The van der Waals surface area contributed by atoms with E-state index in [4.69, 9.17) is 9.47 Å². The van der Waals surface area contributed by atoms with Crippen molar-refractivity contribution in [2.75, 3.05) is 6.61 Å². The quantitative estimate of drug-likeness (QED) is 0.814. The van der Waals surface area contributed by atoms with Crippen LogP contribution in [0, 0.1) is 0 Å². The van der Waals surface area contributed by atoms with Gasteiger partial charge in [-0.1, -0.05) is 36.4 Å². The third kappa shape index (κ3) is 5.38. The van der Waals surface area contributed by atoms with E-state index in [2.05, 4.69) is 10.3 Å². The molecule has 5 heteroatoms. The first-order valence-electron chi connectivity index (χ1n) is 7.70. The van der Waals surface area contributed by atoms with Gasteiger partial charge < -0.3 is 14.8 Å². The lowest BCUT2D eigenvalue weighted by Gasteiger charge is -2.14. The number of rotatable bonds is 8. The molecule has 0 aliphatic carbocycles. The lowest BCUT2D eigenvalue weighted by molar-refractivity contribution is -0.132. The molecule has 1 amide bonds. The van der Waals surface area contributed by atoms with Crippen LogP contribution >= 0.6 is 0 Å². The highest BCUT2D eigenvalue weighted by molar-refractivity contribution is 5.80. The highest BCUT2D eigenvalue weighted by atomic mass is 16.5. The van der Waals surface area contributed by atoms with Gasteiger partial charge in [-0.2, -0.15) is 0 Å². The second kappa shape index (κ2) is 8.90. The maximum Gasteiger partial charge on any atom is 0.249 e. The minimum absolute atomic E-state index is 0.160. The van der Waals surface area contributed by atoms with Crippen molar-refractivity contribution in [2.45, 2.75) is 33.1 Å². The first-order chi connectivity index (χ1) is 11.2. The summed E-state index contributed by atoms with van der Waals surface area (Å²) < 4.78 is 11.0. The van der Waals surface area contributed by atoms with E-state index in [0.717, 1.165) is 11.1 Å². The zero-order valence-corrected chi connectivity index (χ0v) is 13.5. The number of pyridine rings is 1. The number of nitrogens with zero attached hydrogens (tertiary/aromatic N) is 1. The largest absolute Gasteiger partial charge is 0.478 e. The molecule has 1 aromatic carbocycles. The second-order valence-electron chi connectivity index (χ2n) is 5.06. The fourth-order valence-corrected chi connectivity index (χ4v) is 2.02. The van der Waals surface area contributed by atoms with Crippen molar-refractivity contribution in [2.24, 2.45) is 0 Å². The van der Waals surface area contributed by atoms with Crippen molar-refractivity contribution in [3.05, 3.63) is 59.8 Å². The lowest BCUT2D eigenvalue weighted by Crippen LogP contribution is -2.34. The van der Waals surface area contributed by atoms with Gasteiger partial charge in [0.15, 0.2) is 0 Å². The summed E-state index contributed by atoms with van der Waals surface area (Å²) in [6.07, 6.45) is 1.14. The number of ether oxygens (including phenoxy) is 2. The molecule has 2 rings (SSSR count). The Bertz CT molecular complexity index is 617. The zero-order chi connectivity index (χ0) is 16.5. The van der Waals surface area contributed by atoms with Gasteiger partial charge >= 0.3 is 0 Å². The molecular formula is C18H22N2O3. The minimum atomic E-state index is -0.526. The summed E-state index contributed by atoms with van der Waals surface area (Å²) in [6.45, 7) is 4.95. The maximum absolute atomic E-state index is 12.1.